The molecule has 0 amide bonds. The van der Waals surface area contributed by atoms with E-state index in [1.165, 1.54) is 0 Å². The monoisotopic (exact) mass is 241 g/mol. The molecule has 0 aliphatic carbocycles. The Morgan fingerprint density at radius 2 is 2.06 bits per heavy atom. The van der Waals surface area contributed by atoms with E-state index in [9.17, 15) is 5.11 Å². The Morgan fingerprint density at radius 3 is 2.75 bits per heavy atom. The predicted molar refractivity (Wildman–Crippen MR) is 63.9 cm³/mol. The van der Waals surface area contributed by atoms with Gasteiger partial charge in [0.1, 0.15) is 5.75 Å². The van der Waals surface area contributed by atoms with Crippen LogP contribution >= 0.6 is 11.6 Å². The fourth-order valence-electron chi connectivity index (χ4n) is 2.02. The van der Waals surface area contributed by atoms with Crippen LogP contribution in [0.3, 0.4) is 0 Å². The third-order valence-electron chi connectivity index (χ3n) is 3.03. The third-order valence-corrected chi connectivity index (χ3v) is 3.27. The van der Waals surface area contributed by atoms with Gasteiger partial charge < -0.3 is 9.84 Å². The molecule has 0 bridgehead atoms. The van der Waals surface area contributed by atoms with E-state index in [4.69, 9.17) is 16.3 Å². The van der Waals surface area contributed by atoms with Gasteiger partial charge >= 0.3 is 0 Å². The first-order valence-corrected chi connectivity index (χ1v) is 5.86. The standard InChI is InChI=1S/C12H16ClNO2/c1-9(14-4-6-16-7-5-14)11-8-10(13)2-3-12(11)15/h2-3,8-9,15H,4-7H2,1H3. The Bertz CT molecular complexity index is 364. The maximum absolute atomic E-state index is 9.82. The highest BCUT2D eigenvalue weighted by atomic mass is 35.5. The Hall–Kier alpha value is -0.770. The zero-order chi connectivity index (χ0) is 11.5. The molecule has 1 aliphatic rings. The van der Waals surface area contributed by atoms with Crippen LogP contribution in [0.2, 0.25) is 5.02 Å². The number of halogens is 1. The molecule has 16 heavy (non-hydrogen) atoms. The lowest BCUT2D eigenvalue weighted by molar-refractivity contribution is 0.0194. The molecule has 1 aromatic rings. The highest BCUT2D eigenvalue weighted by Crippen LogP contribution is 2.31. The Morgan fingerprint density at radius 1 is 1.38 bits per heavy atom. The lowest BCUT2D eigenvalue weighted by Crippen LogP contribution is -2.38. The Balaban J connectivity index is 2.18. The topological polar surface area (TPSA) is 32.7 Å². The number of rotatable bonds is 2. The summed E-state index contributed by atoms with van der Waals surface area (Å²) in [5.41, 5.74) is 0.884. The number of hydrogen-bond acceptors (Lipinski definition) is 3. The van der Waals surface area contributed by atoms with Gasteiger partial charge in [-0.2, -0.15) is 0 Å². The number of benzene rings is 1. The highest BCUT2D eigenvalue weighted by Gasteiger charge is 2.20. The van der Waals surface area contributed by atoms with Crippen molar-refractivity contribution in [1.82, 2.24) is 4.90 Å². The van der Waals surface area contributed by atoms with E-state index >= 15 is 0 Å². The number of hydrogen-bond donors (Lipinski definition) is 1. The van der Waals surface area contributed by atoms with Crippen molar-refractivity contribution < 1.29 is 9.84 Å². The molecule has 0 saturated carbocycles. The lowest BCUT2D eigenvalue weighted by Gasteiger charge is -2.32. The van der Waals surface area contributed by atoms with Gasteiger partial charge in [-0.25, -0.2) is 0 Å². The average molecular weight is 242 g/mol. The van der Waals surface area contributed by atoms with E-state index in [1.54, 1.807) is 12.1 Å². The largest absolute Gasteiger partial charge is 0.508 e. The number of nitrogens with zero attached hydrogens (tertiary/aromatic N) is 1. The minimum atomic E-state index is 0.169. The molecule has 1 unspecified atom stereocenters. The van der Waals surface area contributed by atoms with Gasteiger partial charge in [-0.15, -0.1) is 0 Å². The second-order valence-electron chi connectivity index (χ2n) is 4.03. The van der Waals surface area contributed by atoms with E-state index in [2.05, 4.69) is 11.8 Å². The molecule has 3 nitrogen and oxygen atoms in total. The van der Waals surface area contributed by atoms with Crippen molar-refractivity contribution in [3.05, 3.63) is 28.8 Å². The number of aromatic hydroxyl groups is 1. The summed E-state index contributed by atoms with van der Waals surface area (Å²) in [4.78, 5) is 2.29. The highest BCUT2D eigenvalue weighted by molar-refractivity contribution is 6.30. The van der Waals surface area contributed by atoms with Crippen molar-refractivity contribution in [3.8, 4) is 5.75 Å². The maximum atomic E-state index is 9.82. The van der Waals surface area contributed by atoms with Crippen LogP contribution in [0.15, 0.2) is 18.2 Å². The van der Waals surface area contributed by atoms with Crippen LogP contribution in [0.5, 0.6) is 5.75 Å². The Labute approximate surface area is 101 Å². The van der Waals surface area contributed by atoms with Crippen molar-refractivity contribution in [2.24, 2.45) is 0 Å². The van der Waals surface area contributed by atoms with E-state index in [0.29, 0.717) is 10.8 Å². The van der Waals surface area contributed by atoms with E-state index in [-0.39, 0.29) is 6.04 Å². The summed E-state index contributed by atoms with van der Waals surface area (Å²) in [6.45, 7) is 5.38. The number of ether oxygens (including phenoxy) is 1. The van der Waals surface area contributed by atoms with E-state index in [0.717, 1.165) is 31.9 Å². The molecule has 88 valence electrons. The molecular formula is C12H16ClNO2. The van der Waals surface area contributed by atoms with E-state index < -0.39 is 0 Å². The third kappa shape index (κ3) is 2.48. The molecule has 2 rings (SSSR count). The van der Waals surface area contributed by atoms with Crippen LogP contribution in [0.25, 0.3) is 0 Å². The van der Waals surface area contributed by atoms with Gasteiger partial charge in [-0.05, 0) is 25.1 Å². The molecular weight excluding hydrogens is 226 g/mol. The molecule has 1 atom stereocenters. The van der Waals surface area contributed by atoms with E-state index in [1.807, 2.05) is 6.07 Å². The van der Waals surface area contributed by atoms with Crippen LogP contribution < -0.4 is 0 Å². The molecule has 4 heteroatoms. The zero-order valence-electron chi connectivity index (χ0n) is 9.32. The number of morpholine rings is 1. The molecule has 0 aromatic heterocycles. The second-order valence-corrected chi connectivity index (χ2v) is 4.46. The first kappa shape index (κ1) is 11.7. The molecule has 1 aromatic carbocycles. The number of phenolic OH excluding ortho intramolecular Hbond substituents is 1. The lowest BCUT2D eigenvalue weighted by atomic mass is 10.1. The number of phenols is 1. The second kappa shape index (κ2) is 5.04. The molecule has 1 aliphatic heterocycles. The van der Waals surface area contributed by atoms with Gasteiger partial charge in [0, 0.05) is 29.7 Å². The minimum absolute atomic E-state index is 0.169. The van der Waals surface area contributed by atoms with Gasteiger partial charge in [-0.1, -0.05) is 11.6 Å². The predicted octanol–water partition coefficient (Wildman–Crippen LogP) is 2.44. The summed E-state index contributed by atoms with van der Waals surface area (Å²) in [6.07, 6.45) is 0. The summed E-state index contributed by atoms with van der Waals surface area (Å²) in [6, 6.07) is 5.35. The zero-order valence-corrected chi connectivity index (χ0v) is 10.1. The fraction of sp³-hybridized carbons (Fsp3) is 0.500. The molecule has 1 saturated heterocycles. The fourth-order valence-corrected chi connectivity index (χ4v) is 2.20. The first-order chi connectivity index (χ1) is 7.68. The summed E-state index contributed by atoms with van der Waals surface area (Å²) in [5.74, 6) is 0.309. The van der Waals surface area contributed by atoms with Crippen molar-refractivity contribution >= 4 is 11.6 Å². The van der Waals surface area contributed by atoms with Crippen molar-refractivity contribution in [2.45, 2.75) is 13.0 Å². The van der Waals surface area contributed by atoms with Gasteiger partial charge in [0.15, 0.2) is 0 Å². The van der Waals surface area contributed by atoms with Crippen molar-refractivity contribution in [3.63, 3.8) is 0 Å². The summed E-state index contributed by atoms with van der Waals surface area (Å²) in [7, 11) is 0. The smallest absolute Gasteiger partial charge is 0.120 e. The van der Waals surface area contributed by atoms with Crippen molar-refractivity contribution in [2.75, 3.05) is 26.3 Å². The molecule has 1 heterocycles. The summed E-state index contributed by atoms with van der Waals surface area (Å²) < 4.78 is 5.31. The normalized spacial score (nSPS) is 19.6. The van der Waals surface area contributed by atoms with Gasteiger partial charge in [0.05, 0.1) is 13.2 Å². The summed E-state index contributed by atoms with van der Waals surface area (Å²) in [5, 5.41) is 10.5. The average Bonchev–Trinajstić information content (AvgIpc) is 2.32. The molecule has 1 N–H and O–H groups in total. The quantitative estimate of drug-likeness (QED) is 0.863. The van der Waals surface area contributed by atoms with Gasteiger partial charge in [0.25, 0.3) is 0 Å². The molecule has 0 radical (unpaired) electrons. The van der Waals surface area contributed by atoms with Crippen LogP contribution in [0.4, 0.5) is 0 Å². The van der Waals surface area contributed by atoms with Gasteiger partial charge in [-0.3, -0.25) is 4.90 Å². The molecule has 1 fully saturated rings. The van der Waals surface area contributed by atoms with Gasteiger partial charge in [0.2, 0.25) is 0 Å². The maximum Gasteiger partial charge on any atom is 0.120 e. The summed E-state index contributed by atoms with van der Waals surface area (Å²) >= 11 is 5.95. The first-order valence-electron chi connectivity index (χ1n) is 5.48. The molecule has 0 spiro atoms. The SMILES string of the molecule is CC(c1cc(Cl)ccc1O)N1CCOCC1. The van der Waals surface area contributed by atoms with Crippen molar-refractivity contribution in [1.29, 1.82) is 0 Å². The van der Waals surface area contributed by atoms with Crippen LogP contribution in [0, 0.1) is 0 Å². The Kier molecular flexibility index (Phi) is 3.69. The van der Waals surface area contributed by atoms with Crippen LogP contribution in [0.1, 0.15) is 18.5 Å². The minimum Gasteiger partial charge on any atom is -0.508 e. The van der Waals surface area contributed by atoms with Crippen LogP contribution in [-0.2, 0) is 4.74 Å². The van der Waals surface area contributed by atoms with Crippen LogP contribution in [-0.4, -0.2) is 36.3 Å².